The number of nitrogens with two attached hydrogens (primary N) is 1. The first-order valence-corrected chi connectivity index (χ1v) is 19.5. The van der Waals surface area contributed by atoms with Gasteiger partial charge in [-0.25, -0.2) is 19.0 Å². The zero-order valence-corrected chi connectivity index (χ0v) is 31.2. The number of benzene rings is 1. The number of aromatic nitrogens is 5. The van der Waals surface area contributed by atoms with Crippen molar-refractivity contribution in [2.24, 2.45) is 15.7 Å². The van der Waals surface area contributed by atoms with Crippen LogP contribution in [0.4, 0.5) is 13.2 Å². The molecule has 2 fully saturated rings. The van der Waals surface area contributed by atoms with Crippen molar-refractivity contribution in [2.45, 2.75) is 69.6 Å². The van der Waals surface area contributed by atoms with Crippen molar-refractivity contribution >= 4 is 45.2 Å². The van der Waals surface area contributed by atoms with Gasteiger partial charge in [0.2, 0.25) is 0 Å². The first kappa shape index (κ1) is 37.8. The lowest BCUT2D eigenvalue weighted by molar-refractivity contribution is -0.113. The number of amidine groups is 1. The average Bonchev–Trinajstić information content (AvgIpc) is 3.89. The molecule has 284 valence electrons. The van der Waals surface area contributed by atoms with E-state index in [1.54, 1.807) is 54.9 Å². The first-order chi connectivity index (χ1) is 25.7. The molecule has 3 aliphatic rings. The maximum absolute atomic E-state index is 14.2. The van der Waals surface area contributed by atoms with Crippen LogP contribution in [0.25, 0.3) is 11.4 Å². The van der Waals surface area contributed by atoms with Gasteiger partial charge < -0.3 is 15.7 Å². The van der Waals surface area contributed by atoms with Gasteiger partial charge in [0.05, 0.1) is 11.9 Å². The zero-order chi connectivity index (χ0) is 38.4. The molecule has 7 rings (SSSR count). The highest BCUT2D eigenvalue weighted by Gasteiger charge is 2.49. The fourth-order valence-electron chi connectivity index (χ4n) is 7.43. The summed E-state index contributed by atoms with van der Waals surface area (Å²) < 4.78 is 74.1. The van der Waals surface area contributed by atoms with Crippen LogP contribution in [-0.2, 0) is 15.9 Å². The van der Waals surface area contributed by atoms with Crippen LogP contribution in [0, 0.1) is 5.82 Å². The molecule has 5 atom stereocenters. The fraction of sp³-hybridized carbons (Fsp3) is 0.353. The van der Waals surface area contributed by atoms with Crippen molar-refractivity contribution in [3.05, 3.63) is 105 Å². The van der Waals surface area contributed by atoms with E-state index in [0.29, 0.717) is 39.1 Å². The SMILES string of the molecule is CC1CC(O)(n2cc(-c3ccccn3)nn2)C[C@H](C)N1S(=O)(=O)N[C@H]1CC2=C(C(N)=CC=NC(F)F)[C@H](c3ccc(F)cc3Cl)N=C(c3nccs3)N2C1. The van der Waals surface area contributed by atoms with Crippen molar-refractivity contribution in [2.75, 3.05) is 6.54 Å². The second-order valence-electron chi connectivity index (χ2n) is 13.2. The highest BCUT2D eigenvalue weighted by molar-refractivity contribution is 7.87. The Bertz CT molecular complexity index is 2240. The Morgan fingerprint density at radius 3 is 2.61 bits per heavy atom. The number of hydrogen-bond donors (Lipinski definition) is 3. The van der Waals surface area contributed by atoms with Crippen molar-refractivity contribution in [3.8, 4) is 11.4 Å². The Labute approximate surface area is 317 Å². The number of pyridine rings is 1. The monoisotopic (exact) mass is 801 g/mol. The fourth-order valence-corrected chi connectivity index (χ4v) is 10.1. The minimum absolute atomic E-state index is 0.0256. The van der Waals surface area contributed by atoms with E-state index >= 15 is 0 Å². The molecule has 2 unspecified atom stereocenters. The second-order valence-corrected chi connectivity index (χ2v) is 16.1. The van der Waals surface area contributed by atoms with Gasteiger partial charge in [-0.05, 0) is 44.2 Å². The van der Waals surface area contributed by atoms with E-state index in [9.17, 15) is 26.7 Å². The lowest BCUT2D eigenvalue weighted by Gasteiger charge is -2.45. The number of halogens is 4. The molecule has 0 aliphatic carbocycles. The highest BCUT2D eigenvalue weighted by Crippen LogP contribution is 2.44. The van der Waals surface area contributed by atoms with Gasteiger partial charge in [-0.1, -0.05) is 28.9 Å². The van der Waals surface area contributed by atoms with E-state index < -0.39 is 52.5 Å². The van der Waals surface area contributed by atoms with Crippen LogP contribution in [0.3, 0.4) is 0 Å². The Kier molecular flexibility index (Phi) is 10.5. The smallest absolute Gasteiger partial charge is 0.331 e. The highest BCUT2D eigenvalue weighted by atomic mass is 35.5. The maximum Gasteiger partial charge on any atom is 0.331 e. The molecule has 1 aromatic carbocycles. The molecule has 0 amide bonds. The Morgan fingerprint density at radius 2 is 1.94 bits per heavy atom. The van der Waals surface area contributed by atoms with E-state index in [1.165, 1.54) is 38.5 Å². The summed E-state index contributed by atoms with van der Waals surface area (Å²) in [4.78, 5) is 18.6. The van der Waals surface area contributed by atoms with E-state index in [4.69, 9.17) is 22.3 Å². The van der Waals surface area contributed by atoms with Crippen molar-refractivity contribution in [1.82, 2.24) is 38.9 Å². The predicted octanol–water partition coefficient (Wildman–Crippen LogP) is 4.61. The molecule has 4 aromatic rings. The normalized spacial score (nSPS) is 25.5. The molecule has 3 aliphatic heterocycles. The number of thiazole rings is 1. The Hall–Kier alpha value is -4.53. The maximum atomic E-state index is 14.2. The molecule has 4 N–H and O–H groups in total. The van der Waals surface area contributed by atoms with Gasteiger partial charge in [-0.15, -0.1) is 16.4 Å². The number of fused-ring (bicyclic) bond motifs is 1. The number of aliphatic imine (C=N–C) groups is 2. The van der Waals surface area contributed by atoms with Gasteiger partial charge >= 0.3 is 6.55 Å². The van der Waals surface area contributed by atoms with Gasteiger partial charge in [-0.3, -0.25) is 9.98 Å². The molecule has 0 bridgehead atoms. The molecule has 6 heterocycles. The topological polar surface area (TPSA) is 180 Å². The molecule has 2 saturated heterocycles. The summed E-state index contributed by atoms with van der Waals surface area (Å²) in [7, 11) is -4.19. The van der Waals surface area contributed by atoms with Crippen LogP contribution >= 0.6 is 22.9 Å². The number of allylic oxidation sites excluding steroid dienone is 1. The summed E-state index contributed by atoms with van der Waals surface area (Å²) in [6, 6.07) is 6.22. The lowest BCUT2D eigenvalue weighted by Crippen LogP contribution is -2.60. The van der Waals surface area contributed by atoms with E-state index in [0.717, 1.165) is 12.3 Å². The van der Waals surface area contributed by atoms with Gasteiger partial charge in [0, 0.05) is 95.5 Å². The predicted molar refractivity (Wildman–Crippen MR) is 197 cm³/mol. The summed E-state index contributed by atoms with van der Waals surface area (Å²) in [5.41, 5.74) is 7.43. The summed E-state index contributed by atoms with van der Waals surface area (Å²) >= 11 is 7.85. The summed E-state index contributed by atoms with van der Waals surface area (Å²) in [5, 5.41) is 22.5. The van der Waals surface area contributed by atoms with Gasteiger partial charge in [-0.2, -0.15) is 26.2 Å². The molecular weight excluding hydrogens is 767 g/mol. The van der Waals surface area contributed by atoms with Gasteiger partial charge in [0.1, 0.15) is 17.6 Å². The minimum Gasteiger partial charge on any atom is -0.398 e. The minimum atomic E-state index is -4.19. The molecule has 54 heavy (non-hydrogen) atoms. The van der Waals surface area contributed by atoms with Crippen molar-refractivity contribution in [3.63, 3.8) is 0 Å². The first-order valence-electron chi connectivity index (χ1n) is 16.8. The number of nitrogens with zero attached hydrogens (tertiary/aromatic N) is 9. The van der Waals surface area contributed by atoms with Crippen LogP contribution in [0.1, 0.15) is 49.7 Å². The largest absolute Gasteiger partial charge is 0.398 e. The van der Waals surface area contributed by atoms with Crippen LogP contribution in [0.15, 0.2) is 93.4 Å². The number of piperidine rings is 1. The van der Waals surface area contributed by atoms with Crippen LogP contribution < -0.4 is 10.5 Å². The van der Waals surface area contributed by atoms with Crippen LogP contribution in [0.5, 0.6) is 0 Å². The van der Waals surface area contributed by atoms with Crippen LogP contribution in [-0.4, -0.2) is 91.0 Å². The van der Waals surface area contributed by atoms with E-state index in [-0.39, 0.29) is 36.5 Å². The van der Waals surface area contributed by atoms with E-state index in [2.05, 4.69) is 30.0 Å². The van der Waals surface area contributed by atoms with Crippen molar-refractivity contribution < 1.29 is 26.7 Å². The third-order valence-electron chi connectivity index (χ3n) is 9.46. The Balaban J connectivity index is 1.19. The van der Waals surface area contributed by atoms with E-state index in [1.807, 2.05) is 6.07 Å². The molecule has 0 radical (unpaired) electrons. The number of alkyl halides is 2. The summed E-state index contributed by atoms with van der Waals surface area (Å²) in [6.07, 6.45) is 7.09. The lowest BCUT2D eigenvalue weighted by atomic mass is 9.91. The van der Waals surface area contributed by atoms with Gasteiger partial charge in [0.15, 0.2) is 16.6 Å². The van der Waals surface area contributed by atoms with Gasteiger partial charge in [0.25, 0.3) is 10.2 Å². The standard InChI is InChI=1S/C34H35ClF3N11O3S2/c1-19-15-34(50,48-18-27(44-46-48)26-5-3-4-9-40-26)16-20(2)49(19)54(51,52)45-22-14-28-29(25(39)8-10-42-33(37)38)30(23-7-6-21(36)13-24(23)35)43-31(47(28)17-22)32-41-11-12-53-32/h3-13,18-20,22,30,33,45,50H,14-17,39H2,1-2H3/t19-,20?,22-,30-,34?/m0/s1. The Morgan fingerprint density at radius 1 is 1.17 bits per heavy atom. The quantitative estimate of drug-likeness (QED) is 0.153. The molecular formula is C34H35ClF3N11O3S2. The summed E-state index contributed by atoms with van der Waals surface area (Å²) in [5.74, 6) is -0.162. The number of nitrogens with one attached hydrogen (secondary N) is 1. The molecule has 14 nitrogen and oxygen atoms in total. The summed E-state index contributed by atoms with van der Waals surface area (Å²) in [6.45, 7) is 0.582. The van der Waals surface area contributed by atoms with Crippen LogP contribution in [0.2, 0.25) is 5.02 Å². The number of rotatable bonds is 10. The van der Waals surface area contributed by atoms with Crippen molar-refractivity contribution in [1.29, 1.82) is 0 Å². The number of aliphatic hydroxyl groups is 1. The molecule has 3 aromatic heterocycles. The molecule has 0 spiro atoms. The second kappa shape index (κ2) is 15.0. The molecule has 0 saturated carbocycles. The average molecular weight is 802 g/mol. The third-order valence-corrected chi connectivity index (χ3v) is 12.5. The number of hydrogen-bond acceptors (Lipinski definition) is 12. The zero-order valence-electron chi connectivity index (χ0n) is 28.8. The third kappa shape index (κ3) is 7.43. The molecule has 20 heteroatoms.